The normalized spacial score (nSPS) is 29.4. The third-order valence-electron chi connectivity index (χ3n) is 27.6. The largest absolute Gasteiger partial charge is 1.00 e. The number of aliphatic hydroxyl groups is 1. The van der Waals surface area contributed by atoms with Crippen molar-refractivity contribution in [3.63, 3.8) is 0 Å². The Hall–Kier alpha value is -3.25. The Bertz CT molecular complexity index is 3040. The first-order valence-electron chi connectivity index (χ1n) is 42.5. The van der Waals surface area contributed by atoms with Crippen LogP contribution in [-0.2, 0) is 56.8 Å². The number of aldehydes is 1. The summed E-state index contributed by atoms with van der Waals surface area (Å²) in [6, 6.07) is 31.0. The number of nitrogens with one attached hydrogen (secondary N) is 3. The number of carbonyl (C=O) groups excluding carboxylic acids is 3. The maximum absolute atomic E-state index is 11.3. The van der Waals surface area contributed by atoms with Gasteiger partial charge in [-0.1, -0.05) is 14.9 Å². The molecule has 0 amide bonds. The molecule has 2 aliphatic heterocycles. The Balaban J connectivity index is 0.000000241. The zero-order valence-corrected chi connectivity index (χ0v) is 70.9. The van der Waals surface area contributed by atoms with Crippen LogP contribution in [0.25, 0.3) is 0 Å². The molecule has 3 aromatic carbocycles. The SMILES string of the molecule is C.C.COC=C1CCC(C2CCC(OB=N)CC2)CC1.COCP(Cl)(c1ccccc1)(c1ccccc1)c1ccccc1.N=BOC1CCC(C2CCC(=O)CC2)CC1.N=BOC1CCC(C2CCC(C=O)CC2)CC1.O=C1CCC(C2CCC3(CC2)OCCO3)CC1.OC1CCC(C2CCC3(CC2)OCCO3)CC1.[B].[H-].[Na+]. The zero-order chi connectivity index (χ0) is 75.9. The van der Waals surface area contributed by atoms with Crippen molar-refractivity contribution in [2.45, 2.75) is 308 Å². The van der Waals surface area contributed by atoms with E-state index in [1.165, 1.54) is 121 Å². The van der Waals surface area contributed by atoms with Gasteiger partial charge in [-0.25, -0.2) is 0 Å². The van der Waals surface area contributed by atoms with Crippen molar-refractivity contribution in [2.24, 2.45) is 65.1 Å². The molecule has 0 bridgehead atoms. The number of aliphatic hydroxyl groups excluding tert-OH is 1. The van der Waals surface area contributed by atoms with Crippen LogP contribution in [0, 0.1) is 81.0 Å². The van der Waals surface area contributed by atoms with E-state index < -0.39 is 5.96 Å². The fourth-order valence-corrected chi connectivity index (χ4v) is 26.7. The van der Waals surface area contributed by atoms with Crippen LogP contribution in [-0.4, -0.2) is 136 Å². The van der Waals surface area contributed by atoms with Gasteiger partial charge in [-0.2, -0.15) is 0 Å². The first-order valence-corrected chi connectivity index (χ1v) is 45.8. The Morgan fingerprint density at radius 2 is 0.705 bits per heavy atom. The topological polar surface area (TPSA) is 226 Å². The molecular weight excluding hydrogens is 1450 g/mol. The molecule has 2 spiro atoms. The summed E-state index contributed by atoms with van der Waals surface area (Å²) in [5.41, 5.74) is 1.48. The zero-order valence-electron chi connectivity index (χ0n) is 68.3. The van der Waals surface area contributed by atoms with Gasteiger partial charge in [0.1, 0.15) is 5.78 Å². The summed E-state index contributed by atoms with van der Waals surface area (Å²) in [4.78, 5) is 33.2. The smallest absolute Gasteiger partial charge is 1.00 e. The summed E-state index contributed by atoms with van der Waals surface area (Å²) in [5, 5.41) is 33.8. The van der Waals surface area contributed by atoms with Crippen LogP contribution in [0.1, 0.15) is 273 Å². The van der Waals surface area contributed by atoms with Gasteiger partial charge in [0.2, 0.25) is 0 Å². The van der Waals surface area contributed by atoms with Gasteiger partial charge in [0.25, 0.3) is 0 Å². The van der Waals surface area contributed by atoms with Crippen molar-refractivity contribution in [3.05, 3.63) is 103 Å². The van der Waals surface area contributed by atoms with Crippen molar-refractivity contribution in [3.8, 4) is 0 Å². The molecule has 3 aromatic rings. The molecule has 0 unspecified atom stereocenters. The third kappa shape index (κ3) is 28.2. The predicted molar refractivity (Wildman–Crippen MR) is 453 cm³/mol. The predicted octanol–water partition coefficient (Wildman–Crippen LogP) is 16.7. The molecule has 10 aliphatic carbocycles. The summed E-state index contributed by atoms with van der Waals surface area (Å²) >= 11 is 7.68. The molecular formula is C89H141B4ClN3NaO13P. The summed E-state index contributed by atoms with van der Waals surface area (Å²) < 4.78 is 49.6. The average Bonchev–Trinajstić information content (AvgIpc) is 1.06. The van der Waals surface area contributed by atoms with Crippen LogP contribution in [0.15, 0.2) is 103 Å². The minimum Gasteiger partial charge on any atom is -1.00 e. The van der Waals surface area contributed by atoms with Crippen LogP contribution in [0.4, 0.5) is 0 Å². The van der Waals surface area contributed by atoms with Gasteiger partial charge in [-0.15, -0.1) is 0 Å². The second-order valence-corrected chi connectivity index (χ2v) is 40.3. The van der Waals surface area contributed by atoms with Crippen molar-refractivity contribution >= 4 is 81.2 Å². The molecule has 12 aliphatic rings. The van der Waals surface area contributed by atoms with Crippen LogP contribution >= 0.6 is 17.2 Å². The van der Waals surface area contributed by atoms with Gasteiger partial charge in [0.15, 0.2) is 11.6 Å². The Morgan fingerprint density at radius 1 is 0.438 bits per heavy atom. The number of hydrogen-bond donors (Lipinski definition) is 4. The Kier molecular flexibility index (Phi) is 44.1. The molecule has 10 saturated carbocycles. The molecule has 12 fully saturated rings. The maximum Gasteiger partial charge on any atom is 1.00 e. The van der Waals surface area contributed by atoms with Crippen LogP contribution < -0.4 is 45.5 Å². The quantitative estimate of drug-likeness (QED) is 0.0403. The van der Waals surface area contributed by atoms with E-state index in [0.29, 0.717) is 29.9 Å². The van der Waals surface area contributed by atoms with Gasteiger partial charge in [-0.05, 0) is 87.9 Å². The number of hydrogen-bond acceptors (Lipinski definition) is 16. The average molecular weight is 1590 g/mol. The van der Waals surface area contributed by atoms with E-state index in [4.69, 9.17) is 69.6 Å². The van der Waals surface area contributed by atoms with Crippen LogP contribution in [0.3, 0.4) is 0 Å². The molecule has 0 aromatic heterocycles. The number of carbonyl (C=O) groups is 3. The number of benzene rings is 3. The molecule has 3 radical (unpaired) electrons. The van der Waals surface area contributed by atoms with Crippen molar-refractivity contribution < 1.29 is 92.9 Å². The summed E-state index contributed by atoms with van der Waals surface area (Å²) in [7, 11) is 6.72. The molecule has 23 heteroatoms. The van der Waals surface area contributed by atoms with Gasteiger partial charge in [0, 0.05) is 46.9 Å². The fourth-order valence-electron chi connectivity index (χ4n) is 21.1. The second-order valence-electron chi connectivity index (χ2n) is 33.9. The number of Topliss-reactive ketones (excluding diaryl/α,β-unsaturated/α-hetero) is 2. The van der Waals surface area contributed by atoms with Crippen molar-refractivity contribution in [1.82, 2.24) is 0 Å². The van der Waals surface area contributed by atoms with Crippen LogP contribution in [0.5, 0.6) is 0 Å². The number of ketones is 2. The van der Waals surface area contributed by atoms with Gasteiger partial charge in [-0.3, -0.25) is 4.79 Å². The van der Waals surface area contributed by atoms with E-state index in [1.54, 1.807) is 14.2 Å². The van der Waals surface area contributed by atoms with E-state index in [9.17, 15) is 19.5 Å². The molecule has 615 valence electrons. The minimum absolute atomic E-state index is 0. The van der Waals surface area contributed by atoms with E-state index in [2.05, 4.69) is 36.4 Å². The molecule has 112 heavy (non-hydrogen) atoms. The number of ether oxygens (including phenoxy) is 6. The number of halogens is 1. The third-order valence-corrected chi connectivity index (χ3v) is 34.5. The number of allylic oxidation sites excluding steroid dienone is 1. The molecule has 4 N–H and O–H groups in total. The van der Waals surface area contributed by atoms with Crippen molar-refractivity contribution in [2.75, 3.05) is 47.0 Å². The molecule has 2 heterocycles. The first kappa shape index (κ1) is 97.6. The maximum atomic E-state index is 11.3. The summed E-state index contributed by atoms with van der Waals surface area (Å²) in [5.74, 6) is 5.99. The summed E-state index contributed by atoms with van der Waals surface area (Å²) in [6.07, 6.45) is 49.7. The van der Waals surface area contributed by atoms with E-state index in [1.807, 2.05) is 60.9 Å². The van der Waals surface area contributed by atoms with Crippen molar-refractivity contribution in [1.29, 1.82) is 15.9 Å². The second kappa shape index (κ2) is 50.6. The Morgan fingerprint density at radius 3 is 0.982 bits per heavy atom. The summed E-state index contributed by atoms with van der Waals surface area (Å²) in [6.45, 7) is 3.09. The molecule has 16 nitrogen and oxygen atoms in total. The van der Waals surface area contributed by atoms with Gasteiger partial charge < -0.3 is 25.5 Å². The van der Waals surface area contributed by atoms with Gasteiger partial charge >= 0.3 is 483 Å². The number of rotatable bonds is 18. The molecule has 0 atom stereocenters. The molecule has 2 saturated heterocycles. The first-order chi connectivity index (χ1) is 52.7. The van der Waals surface area contributed by atoms with Crippen LogP contribution in [0.2, 0.25) is 0 Å². The standard InChI is InChI=1S/C20H20ClOP.C14H24BNO2.C14H24O3.C14H22O3.C13H22BNO2.C12H20BNO2.2CH4.B.Na.H/c1-22-17-23(21,18-11-5-2-6-12-18,19-13-7-3-8-14-19)20-15-9-4-10-16-20;1-17-10-11-2-4-12(5-3-11)13-6-8-14(9-7-13)18-15-16;2*15-13-3-1-11(2-4-13)12-5-7-14(8-6-12)16-9-10-17-14;15-14-17-13-7-5-12(6-8-13)11-3-1-10(9-16)2-4-11;14-13-16-12-7-3-10(4-8-12)9-1-5-11(15)6-2-9;;;;;/h2-16H,17H2,1H3;10,12-14,16H,2-9H2,1H3;11-13,15H,1-10H2;11-12H,1-10H2;9-13,15H,1-8H2;9-10,12,14H,1-8H2;2*1H4;;;/q;;;;;;;;;+1;-1. The molecule has 15 rings (SSSR count). The van der Waals surface area contributed by atoms with Gasteiger partial charge in [0.05, 0.1) is 32.5 Å². The van der Waals surface area contributed by atoms with E-state index in [-0.39, 0.29) is 84.1 Å². The Labute approximate surface area is 707 Å². The minimum atomic E-state index is -3.18. The van der Waals surface area contributed by atoms with E-state index in [0.717, 1.165) is 271 Å². The monoisotopic (exact) mass is 1590 g/mol. The number of methoxy groups -OCH3 is 2. The van der Waals surface area contributed by atoms with E-state index >= 15 is 0 Å². The fraction of sp³-hybridized carbons (Fsp3) is 0.742.